The van der Waals surface area contributed by atoms with Crippen molar-refractivity contribution in [1.29, 1.82) is 0 Å². The molecule has 0 aromatic carbocycles. The van der Waals surface area contributed by atoms with Gasteiger partial charge in [-0.25, -0.2) is 4.79 Å². The second-order valence-corrected chi connectivity index (χ2v) is 7.07. The van der Waals surface area contributed by atoms with Gasteiger partial charge in [-0.1, -0.05) is 0 Å². The molecule has 22 heavy (non-hydrogen) atoms. The summed E-state index contributed by atoms with van der Waals surface area (Å²) in [5.41, 5.74) is 0.696. The summed E-state index contributed by atoms with van der Waals surface area (Å²) in [4.78, 5) is 13.2. The van der Waals surface area contributed by atoms with E-state index in [2.05, 4.69) is 5.10 Å². The van der Waals surface area contributed by atoms with E-state index in [1.54, 1.807) is 9.58 Å². The van der Waals surface area contributed by atoms with Gasteiger partial charge in [0.25, 0.3) is 0 Å². The maximum Gasteiger partial charge on any atom is 0.407 e. The van der Waals surface area contributed by atoms with Crippen LogP contribution in [0.15, 0.2) is 12.4 Å². The van der Waals surface area contributed by atoms with Crippen molar-refractivity contribution in [3.05, 3.63) is 18.0 Å². The molecule has 0 radical (unpaired) electrons. The smallest absolute Gasteiger partial charge is 0.407 e. The first-order valence-electron chi connectivity index (χ1n) is 7.86. The van der Waals surface area contributed by atoms with Crippen LogP contribution in [-0.2, 0) is 11.8 Å². The number of ether oxygens (including phenoxy) is 1. The van der Waals surface area contributed by atoms with Crippen LogP contribution < -0.4 is 0 Å². The van der Waals surface area contributed by atoms with E-state index in [0.29, 0.717) is 12.5 Å². The Balaban J connectivity index is 2.25. The van der Waals surface area contributed by atoms with Gasteiger partial charge in [0, 0.05) is 44.5 Å². The molecule has 1 aliphatic rings. The third kappa shape index (κ3) is 4.00. The fourth-order valence-electron chi connectivity index (χ4n) is 3.11. The van der Waals surface area contributed by atoms with E-state index in [1.165, 1.54) is 0 Å². The number of nitrogens with zero attached hydrogens (tertiary/aromatic N) is 3. The molecule has 2 rings (SSSR count). The number of rotatable bonds is 4. The normalized spacial score (nSPS) is 18.2. The maximum absolute atomic E-state index is 11.7. The molecule has 1 unspecified atom stereocenters. The van der Waals surface area contributed by atoms with E-state index < -0.39 is 11.6 Å². The first-order chi connectivity index (χ1) is 10.3. The molecule has 0 spiro atoms. The zero-order valence-electron chi connectivity index (χ0n) is 14.0. The van der Waals surface area contributed by atoms with Gasteiger partial charge in [-0.2, -0.15) is 5.10 Å². The van der Waals surface area contributed by atoms with Crippen LogP contribution in [0.4, 0.5) is 4.79 Å². The Labute approximate surface area is 132 Å². The molecule has 6 nitrogen and oxygen atoms in total. The van der Waals surface area contributed by atoms with E-state index in [9.17, 15) is 9.90 Å². The lowest BCUT2D eigenvalue weighted by Crippen LogP contribution is -2.48. The SMILES string of the molecule is Cn1cc(C(CN(C(=O)O)C(C)(C)C)C2CCOCC2)cn1. The van der Waals surface area contributed by atoms with Crippen molar-refractivity contribution < 1.29 is 14.6 Å². The third-order valence-corrected chi connectivity index (χ3v) is 4.41. The lowest BCUT2D eigenvalue weighted by Gasteiger charge is -2.39. The Hall–Kier alpha value is -1.56. The molecule has 124 valence electrons. The quantitative estimate of drug-likeness (QED) is 0.928. The summed E-state index contributed by atoms with van der Waals surface area (Å²) in [6, 6.07) is 0. The molecule has 1 N–H and O–H groups in total. The zero-order chi connectivity index (χ0) is 16.3. The van der Waals surface area contributed by atoms with Crippen molar-refractivity contribution in [3.8, 4) is 0 Å². The summed E-state index contributed by atoms with van der Waals surface area (Å²) in [6.07, 6.45) is 4.94. The Morgan fingerprint density at radius 2 is 2.14 bits per heavy atom. The molecular formula is C16H27N3O3. The highest BCUT2D eigenvalue weighted by Gasteiger charge is 2.34. The Bertz CT molecular complexity index is 501. The van der Waals surface area contributed by atoms with E-state index in [1.807, 2.05) is 40.2 Å². The number of aromatic nitrogens is 2. The molecule has 0 bridgehead atoms. The van der Waals surface area contributed by atoms with Crippen LogP contribution in [0.5, 0.6) is 0 Å². The van der Waals surface area contributed by atoms with Gasteiger partial charge < -0.3 is 14.7 Å². The average molecular weight is 309 g/mol. The Morgan fingerprint density at radius 1 is 1.50 bits per heavy atom. The molecule has 1 aromatic rings. The predicted octanol–water partition coefficient (Wildman–Crippen LogP) is 2.71. The maximum atomic E-state index is 11.7. The van der Waals surface area contributed by atoms with Crippen molar-refractivity contribution in [1.82, 2.24) is 14.7 Å². The number of carboxylic acid groups (broad SMARTS) is 1. The van der Waals surface area contributed by atoms with Gasteiger partial charge in [0.15, 0.2) is 0 Å². The summed E-state index contributed by atoms with van der Waals surface area (Å²) in [7, 11) is 1.89. The molecule has 1 fully saturated rings. The Morgan fingerprint density at radius 3 is 2.59 bits per heavy atom. The van der Waals surface area contributed by atoms with Crippen LogP contribution in [0.1, 0.15) is 45.1 Å². The van der Waals surface area contributed by atoms with Crippen LogP contribution in [0.3, 0.4) is 0 Å². The second kappa shape index (κ2) is 6.69. The van der Waals surface area contributed by atoms with Crippen molar-refractivity contribution in [2.24, 2.45) is 13.0 Å². The molecule has 1 saturated heterocycles. The van der Waals surface area contributed by atoms with E-state index in [0.717, 1.165) is 31.6 Å². The Kier molecular flexibility index (Phi) is 5.11. The molecule has 0 saturated carbocycles. The summed E-state index contributed by atoms with van der Waals surface area (Å²) in [5.74, 6) is 0.593. The molecule has 0 aliphatic carbocycles. The summed E-state index contributed by atoms with van der Waals surface area (Å²) >= 11 is 0. The van der Waals surface area contributed by atoms with Crippen molar-refractivity contribution in [2.45, 2.75) is 45.1 Å². The zero-order valence-corrected chi connectivity index (χ0v) is 14.0. The van der Waals surface area contributed by atoms with Crippen LogP contribution in [0, 0.1) is 5.92 Å². The molecule has 6 heteroatoms. The molecular weight excluding hydrogens is 282 g/mol. The molecule has 1 aliphatic heterocycles. The van der Waals surface area contributed by atoms with Crippen LogP contribution in [0.25, 0.3) is 0 Å². The summed E-state index contributed by atoms with van der Waals surface area (Å²) in [5, 5.41) is 13.9. The van der Waals surface area contributed by atoms with Gasteiger partial charge in [0.1, 0.15) is 0 Å². The minimum atomic E-state index is -0.867. The van der Waals surface area contributed by atoms with Gasteiger partial charge in [0.2, 0.25) is 0 Å². The average Bonchev–Trinajstić information content (AvgIpc) is 2.85. The minimum absolute atomic E-state index is 0.160. The van der Waals surface area contributed by atoms with Crippen LogP contribution in [-0.4, -0.2) is 51.2 Å². The van der Waals surface area contributed by atoms with Crippen LogP contribution >= 0.6 is 0 Å². The van der Waals surface area contributed by atoms with E-state index in [4.69, 9.17) is 4.74 Å². The fourth-order valence-corrected chi connectivity index (χ4v) is 3.11. The topological polar surface area (TPSA) is 67.6 Å². The highest BCUT2D eigenvalue weighted by molar-refractivity contribution is 5.66. The van der Waals surface area contributed by atoms with Crippen molar-refractivity contribution in [2.75, 3.05) is 19.8 Å². The van der Waals surface area contributed by atoms with Gasteiger partial charge in [-0.15, -0.1) is 0 Å². The number of hydrogen-bond donors (Lipinski definition) is 1. The number of amides is 1. The van der Waals surface area contributed by atoms with Gasteiger partial charge in [0.05, 0.1) is 6.20 Å². The highest BCUT2D eigenvalue weighted by atomic mass is 16.5. The van der Waals surface area contributed by atoms with Crippen molar-refractivity contribution in [3.63, 3.8) is 0 Å². The van der Waals surface area contributed by atoms with Gasteiger partial charge >= 0.3 is 6.09 Å². The molecule has 1 aromatic heterocycles. The largest absolute Gasteiger partial charge is 0.465 e. The summed E-state index contributed by atoms with van der Waals surface area (Å²) in [6.45, 7) is 7.81. The molecule has 1 amide bonds. The lowest BCUT2D eigenvalue weighted by atomic mass is 9.81. The first-order valence-corrected chi connectivity index (χ1v) is 7.86. The van der Waals surface area contributed by atoms with Gasteiger partial charge in [-0.3, -0.25) is 4.68 Å². The molecule has 2 heterocycles. The third-order valence-electron chi connectivity index (χ3n) is 4.41. The highest BCUT2D eigenvalue weighted by Crippen LogP contribution is 2.34. The second-order valence-electron chi connectivity index (χ2n) is 7.07. The number of carbonyl (C=O) groups is 1. The van der Waals surface area contributed by atoms with Crippen molar-refractivity contribution >= 4 is 6.09 Å². The van der Waals surface area contributed by atoms with E-state index in [-0.39, 0.29) is 5.92 Å². The fraction of sp³-hybridized carbons (Fsp3) is 0.750. The predicted molar refractivity (Wildman–Crippen MR) is 84.0 cm³/mol. The van der Waals surface area contributed by atoms with E-state index >= 15 is 0 Å². The minimum Gasteiger partial charge on any atom is -0.465 e. The number of hydrogen-bond acceptors (Lipinski definition) is 3. The monoisotopic (exact) mass is 309 g/mol. The molecule has 1 atom stereocenters. The lowest BCUT2D eigenvalue weighted by molar-refractivity contribution is 0.0440. The first kappa shape index (κ1) is 16.8. The standard InChI is InChI=1S/C16H27N3O3/c1-16(2,3)19(15(20)21)11-14(12-5-7-22-8-6-12)13-9-17-18(4)10-13/h9-10,12,14H,5-8,11H2,1-4H3,(H,20,21). The van der Waals surface area contributed by atoms with Gasteiger partial charge in [-0.05, 0) is 45.1 Å². The summed E-state index contributed by atoms with van der Waals surface area (Å²) < 4.78 is 7.24. The van der Waals surface area contributed by atoms with Crippen LogP contribution in [0.2, 0.25) is 0 Å². The number of aryl methyl sites for hydroxylation is 1.